The number of aliphatic hydroxyl groups excluding tert-OH is 1. The van der Waals surface area contributed by atoms with Gasteiger partial charge >= 0.3 is 6.18 Å². The third-order valence-corrected chi connectivity index (χ3v) is 4.69. The van der Waals surface area contributed by atoms with Gasteiger partial charge in [0.25, 0.3) is 0 Å². The molecule has 1 fully saturated rings. The number of nitrogens with one attached hydrogen (secondary N) is 1. The maximum atomic E-state index is 12.9. The van der Waals surface area contributed by atoms with Crippen LogP contribution in [-0.4, -0.2) is 57.5 Å². The van der Waals surface area contributed by atoms with E-state index in [1.807, 2.05) is 0 Å². The zero-order valence-electron chi connectivity index (χ0n) is 14.8. The van der Waals surface area contributed by atoms with Crippen LogP contribution in [0.5, 0.6) is 0 Å². The normalized spacial score (nSPS) is 18.4. The van der Waals surface area contributed by atoms with Crippen LogP contribution >= 0.6 is 0 Å². The summed E-state index contributed by atoms with van der Waals surface area (Å²) < 4.78 is 38.7. The largest absolute Gasteiger partial charge is 0.416 e. The number of aliphatic hydroxyl groups is 1. The molecule has 2 aromatic rings. The number of piperidine rings is 1. The lowest BCUT2D eigenvalue weighted by Gasteiger charge is -2.34. The highest BCUT2D eigenvalue weighted by Crippen LogP contribution is 2.31. The molecule has 1 aromatic carbocycles. The van der Waals surface area contributed by atoms with Crippen LogP contribution in [0.3, 0.4) is 0 Å². The van der Waals surface area contributed by atoms with Gasteiger partial charge in [0.1, 0.15) is 0 Å². The number of hydrogen-bond acceptors (Lipinski definition) is 6. The van der Waals surface area contributed by atoms with Crippen LogP contribution in [0.1, 0.15) is 24.8 Å². The number of nitrogens with zero attached hydrogens (tertiary/aromatic N) is 4. The molecular weight excluding hydrogens is 359 g/mol. The van der Waals surface area contributed by atoms with E-state index in [2.05, 4.69) is 25.4 Å². The molecule has 6 nitrogen and oxygen atoms in total. The Morgan fingerprint density at radius 1 is 1.26 bits per heavy atom. The van der Waals surface area contributed by atoms with Crippen molar-refractivity contribution in [1.29, 1.82) is 0 Å². The molecule has 0 radical (unpaired) electrons. The molecule has 1 aromatic heterocycles. The summed E-state index contributed by atoms with van der Waals surface area (Å²) in [5.74, 6) is 0.266. The smallest absolute Gasteiger partial charge is 0.395 e. The first-order chi connectivity index (χ1) is 13.0. The molecule has 1 saturated heterocycles. The lowest BCUT2D eigenvalue weighted by atomic mass is 10.0. The second kappa shape index (κ2) is 8.62. The highest BCUT2D eigenvalue weighted by Gasteiger charge is 2.30. The van der Waals surface area contributed by atoms with Crippen molar-refractivity contribution >= 4 is 5.95 Å². The predicted octanol–water partition coefficient (Wildman–Crippen LogP) is 2.82. The Hall–Kier alpha value is -2.26. The van der Waals surface area contributed by atoms with Gasteiger partial charge in [-0.3, -0.25) is 4.90 Å². The zero-order chi connectivity index (χ0) is 19.3. The third-order valence-electron chi connectivity index (χ3n) is 4.69. The average Bonchev–Trinajstić information content (AvgIpc) is 2.68. The van der Waals surface area contributed by atoms with Crippen LogP contribution in [0, 0.1) is 0 Å². The standard InChI is InChI=1S/C18H22F3N5O/c19-18(20,21)14-5-3-4-13(10-14)16-11-23-25-17(24-16)22-7-9-26-8-2-1-6-15(26)12-27/h3-5,10-11,15,27H,1-2,6-9,12H2,(H,22,24,25). The van der Waals surface area contributed by atoms with Gasteiger partial charge in [-0.05, 0) is 31.5 Å². The van der Waals surface area contributed by atoms with Gasteiger partial charge in [-0.2, -0.15) is 18.3 Å². The van der Waals surface area contributed by atoms with Crippen molar-refractivity contribution in [1.82, 2.24) is 20.1 Å². The van der Waals surface area contributed by atoms with E-state index in [9.17, 15) is 18.3 Å². The Bertz CT molecular complexity index is 756. The summed E-state index contributed by atoms with van der Waals surface area (Å²) in [5.41, 5.74) is -0.0720. The summed E-state index contributed by atoms with van der Waals surface area (Å²) in [6.45, 7) is 2.37. The lowest BCUT2D eigenvalue weighted by Crippen LogP contribution is -2.44. The summed E-state index contributed by atoms with van der Waals surface area (Å²) in [6, 6.07) is 5.15. The monoisotopic (exact) mass is 381 g/mol. The van der Waals surface area contributed by atoms with Crippen LogP contribution < -0.4 is 5.32 Å². The molecule has 2 heterocycles. The van der Waals surface area contributed by atoms with Crippen LogP contribution in [-0.2, 0) is 6.18 Å². The van der Waals surface area contributed by atoms with Gasteiger partial charge in [-0.25, -0.2) is 4.98 Å². The molecule has 146 valence electrons. The van der Waals surface area contributed by atoms with E-state index in [4.69, 9.17) is 0 Å². The van der Waals surface area contributed by atoms with Crippen LogP contribution in [0.25, 0.3) is 11.3 Å². The molecule has 9 heteroatoms. The molecule has 0 amide bonds. The van der Waals surface area contributed by atoms with Crippen molar-refractivity contribution in [2.24, 2.45) is 0 Å². The molecule has 27 heavy (non-hydrogen) atoms. The number of aromatic nitrogens is 3. The molecule has 1 atom stereocenters. The molecule has 3 rings (SSSR count). The Balaban J connectivity index is 1.64. The first-order valence-electron chi connectivity index (χ1n) is 8.93. The number of halogens is 3. The van der Waals surface area contributed by atoms with E-state index in [1.165, 1.54) is 12.3 Å². The van der Waals surface area contributed by atoms with E-state index < -0.39 is 11.7 Å². The van der Waals surface area contributed by atoms with E-state index in [-0.39, 0.29) is 18.6 Å². The van der Waals surface area contributed by atoms with Crippen molar-refractivity contribution in [3.8, 4) is 11.3 Å². The van der Waals surface area contributed by atoms with E-state index >= 15 is 0 Å². The van der Waals surface area contributed by atoms with Gasteiger partial charge in [-0.1, -0.05) is 18.6 Å². The fourth-order valence-corrected chi connectivity index (χ4v) is 3.24. The second-order valence-corrected chi connectivity index (χ2v) is 6.54. The van der Waals surface area contributed by atoms with Crippen molar-refractivity contribution in [2.75, 3.05) is 31.6 Å². The molecule has 2 N–H and O–H groups in total. The first-order valence-corrected chi connectivity index (χ1v) is 8.93. The highest BCUT2D eigenvalue weighted by atomic mass is 19.4. The second-order valence-electron chi connectivity index (χ2n) is 6.54. The molecule has 1 unspecified atom stereocenters. The minimum Gasteiger partial charge on any atom is -0.395 e. The van der Waals surface area contributed by atoms with Crippen molar-refractivity contribution in [2.45, 2.75) is 31.5 Å². The van der Waals surface area contributed by atoms with Crippen LogP contribution in [0.15, 0.2) is 30.5 Å². The number of alkyl halides is 3. The molecule has 0 bridgehead atoms. The minimum atomic E-state index is -4.41. The Morgan fingerprint density at radius 2 is 2.11 bits per heavy atom. The first kappa shape index (κ1) is 19.5. The summed E-state index contributed by atoms with van der Waals surface area (Å²) >= 11 is 0. The third kappa shape index (κ3) is 5.14. The van der Waals surface area contributed by atoms with Gasteiger partial charge in [0, 0.05) is 24.7 Å². The SMILES string of the molecule is OCC1CCCCN1CCNc1nncc(-c2cccc(C(F)(F)F)c2)n1. The molecular formula is C18H22F3N5O. The number of likely N-dealkylation sites (tertiary alicyclic amines) is 1. The van der Waals surface area contributed by atoms with Gasteiger partial charge in [0.2, 0.25) is 5.95 Å². The molecule has 1 aliphatic heterocycles. The Kier molecular flexibility index (Phi) is 6.22. The topological polar surface area (TPSA) is 74.2 Å². The van der Waals surface area contributed by atoms with Crippen LogP contribution in [0.4, 0.5) is 19.1 Å². The predicted molar refractivity (Wildman–Crippen MR) is 95.1 cm³/mol. The number of anilines is 1. The maximum Gasteiger partial charge on any atom is 0.416 e. The van der Waals surface area contributed by atoms with Gasteiger partial charge < -0.3 is 10.4 Å². The highest BCUT2D eigenvalue weighted by molar-refractivity contribution is 5.60. The van der Waals surface area contributed by atoms with Gasteiger partial charge in [-0.15, -0.1) is 5.10 Å². The lowest BCUT2D eigenvalue weighted by molar-refractivity contribution is -0.137. The summed E-state index contributed by atoms with van der Waals surface area (Å²) in [6.07, 6.45) is 0.155. The summed E-state index contributed by atoms with van der Waals surface area (Å²) in [5, 5.41) is 20.2. The molecule has 1 aliphatic rings. The summed E-state index contributed by atoms with van der Waals surface area (Å²) in [4.78, 5) is 6.49. The molecule has 0 saturated carbocycles. The van der Waals surface area contributed by atoms with E-state index in [1.54, 1.807) is 6.07 Å². The van der Waals surface area contributed by atoms with E-state index in [0.717, 1.165) is 44.5 Å². The zero-order valence-corrected chi connectivity index (χ0v) is 14.8. The van der Waals surface area contributed by atoms with E-state index in [0.29, 0.717) is 17.8 Å². The fraction of sp³-hybridized carbons (Fsp3) is 0.500. The number of hydrogen-bond donors (Lipinski definition) is 2. The van der Waals surface area contributed by atoms with Crippen LogP contribution in [0.2, 0.25) is 0 Å². The number of benzene rings is 1. The van der Waals surface area contributed by atoms with Gasteiger partial charge in [0.15, 0.2) is 0 Å². The summed E-state index contributed by atoms with van der Waals surface area (Å²) in [7, 11) is 0. The minimum absolute atomic E-state index is 0.142. The molecule has 0 aliphatic carbocycles. The quantitative estimate of drug-likeness (QED) is 0.802. The van der Waals surface area contributed by atoms with Gasteiger partial charge in [0.05, 0.1) is 24.1 Å². The maximum absolute atomic E-state index is 12.9. The fourth-order valence-electron chi connectivity index (χ4n) is 3.24. The Labute approximate surface area is 155 Å². The molecule has 0 spiro atoms. The average molecular weight is 381 g/mol. The van der Waals surface area contributed by atoms with Crippen molar-refractivity contribution in [3.63, 3.8) is 0 Å². The Morgan fingerprint density at radius 3 is 2.89 bits per heavy atom. The van der Waals surface area contributed by atoms with Crippen molar-refractivity contribution < 1.29 is 18.3 Å². The van der Waals surface area contributed by atoms with Crippen molar-refractivity contribution in [3.05, 3.63) is 36.0 Å². The number of rotatable bonds is 6.